The zero-order valence-corrected chi connectivity index (χ0v) is 20.1. The third-order valence-electron chi connectivity index (χ3n) is 9.34. The van der Waals surface area contributed by atoms with Crippen LogP contribution >= 0.6 is 0 Å². The van der Waals surface area contributed by atoms with Crippen molar-refractivity contribution in [1.82, 2.24) is 4.98 Å². The fourth-order valence-corrected chi connectivity index (χ4v) is 7.62. The molecule has 0 radical (unpaired) electrons. The number of amides is 1. The van der Waals surface area contributed by atoms with Crippen molar-refractivity contribution in [3.63, 3.8) is 0 Å². The minimum atomic E-state index is -1.69. The van der Waals surface area contributed by atoms with E-state index in [1.54, 1.807) is 30.4 Å². The molecule has 4 aliphatic rings. The summed E-state index contributed by atoms with van der Waals surface area (Å²) in [7, 11) is 0. The first kappa shape index (κ1) is 23.9. The molecule has 5 rings (SSSR count). The summed E-state index contributed by atoms with van der Waals surface area (Å²) in [5, 5.41) is 25.6. The van der Waals surface area contributed by atoms with Crippen LogP contribution in [-0.2, 0) is 14.3 Å². The number of nitrogens with zero attached hydrogens (tertiary/aromatic N) is 1. The van der Waals surface area contributed by atoms with E-state index in [4.69, 9.17) is 4.74 Å². The average Bonchev–Trinajstić information content (AvgIpc) is 3.09. The first-order valence-electron chi connectivity index (χ1n) is 12.3. The second-order valence-electron chi connectivity index (χ2n) is 10.9. The molecule has 1 heterocycles. The monoisotopic (exact) mass is 480 g/mol. The number of carbonyl (C=O) groups is 3. The Bertz CT molecular complexity index is 1120. The molecule has 1 amide bonds. The van der Waals surface area contributed by atoms with E-state index in [9.17, 15) is 24.6 Å². The van der Waals surface area contributed by atoms with E-state index in [2.05, 4.69) is 17.2 Å². The van der Waals surface area contributed by atoms with Crippen LogP contribution in [0.25, 0.3) is 0 Å². The Labute approximate surface area is 204 Å². The molecule has 1 aromatic heterocycles. The van der Waals surface area contributed by atoms with Crippen LogP contribution in [0.5, 0.6) is 0 Å². The number of ether oxygens (including phenoxy) is 1. The molecule has 4 aliphatic carbocycles. The summed E-state index contributed by atoms with van der Waals surface area (Å²) >= 11 is 0. The van der Waals surface area contributed by atoms with Crippen LogP contribution in [0.1, 0.15) is 46.0 Å². The molecule has 5 unspecified atom stereocenters. The second-order valence-corrected chi connectivity index (χ2v) is 10.9. The summed E-state index contributed by atoms with van der Waals surface area (Å²) in [5.41, 5.74) is -1.87. The van der Waals surface area contributed by atoms with Gasteiger partial charge in [-0.3, -0.25) is 14.9 Å². The van der Waals surface area contributed by atoms with Crippen molar-refractivity contribution in [2.75, 3.05) is 11.9 Å². The molecular weight excluding hydrogens is 448 g/mol. The minimum absolute atomic E-state index is 0.0148. The van der Waals surface area contributed by atoms with Crippen LogP contribution in [0.3, 0.4) is 0 Å². The van der Waals surface area contributed by atoms with Crippen LogP contribution in [0.4, 0.5) is 10.6 Å². The Morgan fingerprint density at radius 3 is 2.80 bits per heavy atom. The van der Waals surface area contributed by atoms with Gasteiger partial charge in [-0.1, -0.05) is 31.6 Å². The van der Waals surface area contributed by atoms with Gasteiger partial charge in [0.1, 0.15) is 11.4 Å². The van der Waals surface area contributed by atoms with Crippen LogP contribution in [0, 0.1) is 28.6 Å². The third kappa shape index (κ3) is 3.65. The predicted octanol–water partition coefficient (Wildman–Crippen LogP) is 3.21. The molecule has 1 aromatic rings. The van der Waals surface area contributed by atoms with Crippen molar-refractivity contribution in [3.8, 4) is 0 Å². The maximum absolute atomic E-state index is 13.3. The van der Waals surface area contributed by atoms with Crippen molar-refractivity contribution in [2.24, 2.45) is 28.6 Å². The molecule has 0 bridgehead atoms. The Morgan fingerprint density at radius 2 is 2.06 bits per heavy atom. The largest absolute Gasteiger partial charge is 0.441 e. The number of ketones is 2. The molecule has 7 atom stereocenters. The highest BCUT2D eigenvalue weighted by molar-refractivity contribution is 6.01. The van der Waals surface area contributed by atoms with Crippen molar-refractivity contribution in [1.29, 1.82) is 0 Å². The highest BCUT2D eigenvalue weighted by atomic mass is 16.6. The summed E-state index contributed by atoms with van der Waals surface area (Å²) < 4.78 is 5.13. The third-order valence-corrected chi connectivity index (χ3v) is 9.34. The van der Waals surface area contributed by atoms with Crippen LogP contribution in [0.15, 0.2) is 48.2 Å². The van der Waals surface area contributed by atoms with Gasteiger partial charge in [-0.2, -0.15) is 0 Å². The van der Waals surface area contributed by atoms with E-state index in [-0.39, 0.29) is 36.4 Å². The number of carbonyl (C=O) groups excluding carboxylic acids is 3. The van der Waals surface area contributed by atoms with Crippen LogP contribution in [-0.4, -0.2) is 51.2 Å². The number of hydrogen-bond acceptors (Lipinski definition) is 7. The summed E-state index contributed by atoms with van der Waals surface area (Å²) in [5.74, 6) is -0.192. The summed E-state index contributed by atoms with van der Waals surface area (Å²) in [6, 6.07) is 5.02. The molecule has 8 nitrogen and oxygen atoms in total. The van der Waals surface area contributed by atoms with Gasteiger partial charge in [0.15, 0.2) is 12.4 Å². The van der Waals surface area contributed by atoms with Gasteiger partial charge in [-0.05, 0) is 68.2 Å². The number of rotatable bonds is 4. The smallest absolute Gasteiger partial charge is 0.413 e. The lowest BCUT2D eigenvalue weighted by Gasteiger charge is -2.59. The van der Waals surface area contributed by atoms with E-state index in [1.807, 2.05) is 13.0 Å². The van der Waals surface area contributed by atoms with Gasteiger partial charge in [0, 0.05) is 22.9 Å². The first-order valence-corrected chi connectivity index (χ1v) is 12.3. The molecule has 186 valence electrons. The fraction of sp³-hybridized carbons (Fsp3) is 0.556. The van der Waals surface area contributed by atoms with Gasteiger partial charge in [0.2, 0.25) is 5.78 Å². The number of anilines is 1. The van der Waals surface area contributed by atoms with Crippen molar-refractivity contribution >= 4 is 23.5 Å². The van der Waals surface area contributed by atoms with Gasteiger partial charge in [0.25, 0.3) is 0 Å². The van der Waals surface area contributed by atoms with Gasteiger partial charge in [-0.15, -0.1) is 0 Å². The average molecular weight is 481 g/mol. The zero-order valence-electron chi connectivity index (χ0n) is 20.1. The SMILES string of the molecule is CC12C=CC(=O)C=C1CCC1C2[C@@H](O)CC2(C)C1CC[C@]2(O)C(=O)COC(=O)Nc1ccccn1. The molecule has 35 heavy (non-hydrogen) atoms. The number of aromatic nitrogens is 1. The molecule has 0 aromatic carbocycles. The number of hydrogen-bond donors (Lipinski definition) is 3. The normalized spacial score (nSPS) is 39.7. The minimum Gasteiger partial charge on any atom is -0.441 e. The predicted molar refractivity (Wildman–Crippen MR) is 127 cm³/mol. The van der Waals surface area contributed by atoms with E-state index < -0.39 is 41.0 Å². The lowest BCUT2D eigenvalue weighted by atomic mass is 9.46. The Balaban J connectivity index is 1.33. The van der Waals surface area contributed by atoms with E-state index in [0.717, 1.165) is 18.4 Å². The standard InChI is InChI=1S/C27H32N2O6/c1-25-10-8-17(30)13-16(25)6-7-18-19-9-11-27(34,26(19,2)14-20(31)23(18)25)21(32)15-35-24(33)29-22-5-3-4-12-28-22/h3-5,8,10,12-13,18-20,23,31,34H,6-7,9,11,14-15H2,1-2H3,(H,28,29,33)/t18?,19?,20-,23?,25?,26?,27-/m0/s1. The van der Waals surface area contributed by atoms with Crippen LogP contribution in [0.2, 0.25) is 0 Å². The van der Waals surface area contributed by atoms with Crippen molar-refractivity contribution in [3.05, 3.63) is 48.2 Å². The number of aliphatic hydroxyl groups excluding tert-OH is 1. The number of pyridine rings is 1. The van der Waals surface area contributed by atoms with E-state index >= 15 is 0 Å². The summed E-state index contributed by atoms with van der Waals surface area (Å²) in [6.45, 7) is 3.42. The second kappa shape index (κ2) is 8.38. The summed E-state index contributed by atoms with van der Waals surface area (Å²) in [4.78, 5) is 41.4. The molecule has 3 N–H and O–H groups in total. The van der Waals surface area contributed by atoms with Crippen molar-refractivity contribution < 1.29 is 29.3 Å². The zero-order chi connectivity index (χ0) is 25.0. The molecule has 3 saturated carbocycles. The number of allylic oxidation sites excluding steroid dienone is 4. The lowest BCUT2D eigenvalue weighted by Crippen LogP contribution is -2.61. The molecule has 0 spiro atoms. The van der Waals surface area contributed by atoms with Gasteiger partial charge < -0.3 is 14.9 Å². The summed E-state index contributed by atoms with van der Waals surface area (Å²) in [6.07, 6.45) is 7.96. The van der Waals surface area contributed by atoms with Crippen LogP contribution < -0.4 is 5.32 Å². The molecule has 0 aliphatic heterocycles. The number of fused-ring (bicyclic) bond motifs is 5. The highest BCUT2D eigenvalue weighted by Gasteiger charge is 2.68. The fourth-order valence-electron chi connectivity index (χ4n) is 7.62. The topological polar surface area (TPSA) is 126 Å². The first-order chi connectivity index (χ1) is 16.6. The highest BCUT2D eigenvalue weighted by Crippen LogP contribution is 2.67. The van der Waals surface area contributed by atoms with Gasteiger partial charge in [0.05, 0.1) is 6.10 Å². The molecular formula is C27H32N2O6. The van der Waals surface area contributed by atoms with E-state index in [1.165, 1.54) is 6.20 Å². The quantitative estimate of drug-likeness (QED) is 0.604. The van der Waals surface area contributed by atoms with Crippen molar-refractivity contribution in [2.45, 2.75) is 57.7 Å². The maximum atomic E-state index is 13.3. The Kier molecular flexibility index (Phi) is 5.72. The Morgan fingerprint density at radius 1 is 1.26 bits per heavy atom. The van der Waals surface area contributed by atoms with Gasteiger partial charge >= 0.3 is 6.09 Å². The molecule has 8 heteroatoms. The van der Waals surface area contributed by atoms with Gasteiger partial charge in [-0.25, -0.2) is 9.78 Å². The number of nitrogens with one attached hydrogen (secondary N) is 1. The number of Topliss-reactive ketones (excluding diaryl/α,β-unsaturated/α-hetero) is 1. The molecule has 0 saturated heterocycles. The Hall–Kier alpha value is -2.84. The molecule has 3 fully saturated rings. The lowest BCUT2D eigenvalue weighted by molar-refractivity contribution is -0.178. The van der Waals surface area contributed by atoms with E-state index in [0.29, 0.717) is 12.2 Å². The maximum Gasteiger partial charge on any atom is 0.413 e. The number of aliphatic hydroxyl groups is 2.